The maximum atomic E-state index is 8.62. The van der Waals surface area contributed by atoms with E-state index in [1.165, 1.54) is 11.3 Å². The molecule has 2 rings (SSSR count). The van der Waals surface area contributed by atoms with Crippen molar-refractivity contribution in [3.63, 3.8) is 0 Å². The first-order chi connectivity index (χ1) is 5.81. The van der Waals surface area contributed by atoms with Gasteiger partial charge in [-0.15, -0.1) is 11.3 Å². The third-order valence-electron chi connectivity index (χ3n) is 1.50. The van der Waals surface area contributed by atoms with Crippen molar-refractivity contribution in [1.82, 2.24) is 4.98 Å². The van der Waals surface area contributed by atoms with E-state index in [1.807, 2.05) is 17.5 Å². The Morgan fingerprint density at radius 3 is 3.17 bits per heavy atom. The SMILES string of the molecule is N#Cc1nc2sccc2cc1Cl. The van der Waals surface area contributed by atoms with Gasteiger partial charge in [-0.3, -0.25) is 0 Å². The van der Waals surface area contributed by atoms with Crippen LogP contribution in [0.15, 0.2) is 17.5 Å². The smallest absolute Gasteiger partial charge is 0.160 e. The van der Waals surface area contributed by atoms with E-state index < -0.39 is 0 Å². The van der Waals surface area contributed by atoms with Crippen LogP contribution < -0.4 is 0 Å². The number of aromatic nitrogens is 1. The number of halogens is 1. The van der Waals surface area contributed by atoms with Crippen LogP contribution in [-0.2, 0) is 0 Å². The van der Waals surface area contributed by atoms with E-state index in [4.69, 9.17) is 16.9 Å². The van der Waals surface area contributed by atoms with Gasteiger partial charge in [-0.25, -0.2) is 4.98 Å². The van der Waals surface area contributed by atoms with Gasteiger partial charge in [0.25, 0.3) is 0 Å². The number of thiophene rings is 1. The zero-order chi connectivity index (χ0) is 8.55. The van der Waals surface area contributed by atoms with Crippen LogP contribution in [0.25, 0.3) is 10.2 Å². The molecule has 0 saturated heterocycles. The molecule has 0 aliphatic carbocycles. The zero-order valence-corrected chi connectivity index (χ0v) is 7.49. The molecule has 2 aromatic rings. The molecule has 2 heterocycles. The van der Waals surface area contributed by atoms with Gasteiger partial charge in [-0.1, -0.05) is 11.6 Å². The van der Waals surface area contributed by atoms with E-state index in [0.717, 1.165) is 10.2 Å². The van der Waals surface area contributed by atoms with Crippen molar-refractivity contribution < 1.29 is 0 Å². The van der Waals surface area contributed by atoms with Gasteiger partial charge in [0, 0.05) is 5.39 Å². The molecule has 0 aliphatic rings. The molecule has 4 heteroatoms. The summed E-state index contributed by atoms with van der Waals surface area (Å²) in [5.74, 6) is 0. The third-order valence-corrected chi connectivity index (χ3v) is 2.61. The van der Waals surface area contributed by atoms with E-state index in [0.29, 0.717) is 10.7 Å². The van der Waals surface area contributed by atoms with Gasteiger partial charge in [0.15, 0.2) is 5.69 Å². The normalized spacial score (nSPS) is 10.0. The second-order valence-corrected chi connectivity index (χ2v) is 3.55. The molecule has 0 bridgehead atoms. The molecular formula is C8H3ClN2S. The van der Waals surface area contributed by atoms with Gasteiger partial charge < -0.3 is 0 Å². The molecule has 0 aromatic carbocycles. The lowest BCUT2D eigenvalue weighted by molar-refractivity contribution is 1.34. The van der Waals surface area contributed by atoms with E-state index in [2.05, 4.69) is 4.98 Å². The molecule has 0 unspecified atom stereocenters. The van der Waals surface area contributed by atoms with Crippen LogP contribution in [0, 0.1) is 11.3 Å². The largest absolute Gasteiger partial charge is 0.225 e. The molecule has 0 aliphatic heterocycles. The molecule has 0 saturated carbocycles. The number of hydrogen-bond acceptors (Lipinski definition) is 3. The molecule has 0 N–H and O–H groups in total. The Morgan fingerprint density at radius 2 is 2.42 bits per heavy atom. The average molecular weight is 195 g/mol. The third kappa shape index (κ3) is 1.06. The standard InChI is InChI=1S/C8H3ClN2S/c9-6-3-5-1-2-12-8(5)11-7(6)4-10/h1-3H. The maximum Gasteiger partial charge on any atom is 0.160 e. The summed E-state index contributed by atoms with van der Waals surface area (Å²) in [6, 6.07) is 5.63. The lowest BCUT2D eigenvalue weighted by Crippen LogP contribution is -1.82. The van der Waals surface area contributed by atoms with Gasteiger partial charge in [0.1, 0.15) is 10.9 Å². The molecule has 58 valence electrons. The first-order valence-corrected chi connectivity index (χ1v) is 4.51. The van der Waals surface area contributed by atoms with Gasteiger partial charge >= 0.3 is 0 Å². The Kier molecular flexibility index (Phi) is 1.72. The Bertz CT molecular complexity index is 469. The van der Waals surface area contributed by atoms with Crippen molar-refractivity contribution in [2.75, 3.05) is 0 Å². The topological polar surface area (TPSA) is 36.7 Å². The summed E-state index contributed by atoms with van der Waals surface area (Å²) in [6.07, 6.45) is 0. The van der Waals surface area contributed by atoms with E-state index in [9.17, 15) is 0 Å². The second kappa shape index (κ2) is 2.74. The Labute approximate surface area is 78.0 Å². The summed E-state index contributed by atoms with van der Waals surface area (Å²) < 4.78 is 0. The highest BCUT2D eigenvalue weighted by Crippen LogP contribution is 2.23. The van der Waals surface area contributed by atoms with Crippen molar-refractivity contribution in [2.45, 2.75) is 0 Å². The number of nitriles is 1. The summed E-state index contributed by atoms with van der Waals surface area (Å²) in [6.45, 7) is 0. The van der Waals surface area contributed by atoms with Crippen LogP contribution >= 0.6 is 22.9 Å². The van der Waals surface area contributed by atoms with Gasteiger partial charge in [-0.05, 0) is 17.5 Å². The van der Waals surface area contributed by atoms with E-state index in [-0.39, 0.29) is 0 Å². The molecule has 12 heavy (non-hydrogen) atoms. The Balaban J connectivity index is 2.84. The van der Waals surface area contributed by atoms with Crippen LogP contribution in [0.3, 0.4) is 0 Å². The van der Waals surface area contributed by atoms with Crippen molar-refractivity contribution in [3.05, 3.63) is 28.2 Å². The fourth-order valence-corrected chi connectivity index (χ4v) is 1.90. The number of rotatable bonds is 0. The summed E-state index contributed by atoms with van der Waals surface area (Å²) >= 11 is 7.28. The summed E-state index contributed by atoms with van der Waals surface area (Å²) in [5.41, 5.74) is 0.298. The first kappa shape index (κ1) is 7.53. The maximum absolute atomic E-state index is 8.62. The van der Waals surface area contributed by atoms with Crippen LogP contribution in [-0.4, -0.2) is 4.98 Å². The molecular weight excluding hydrogens is 192 g/mol. The van der Waals surface area contributed by atoms with Gasteiger partial charge in [0.05, 0.1) is 5.02 Å². The lowest BCUT2D eigenvalue weighted by Gasteiger charge is -1.92. The number of hydrogen-bond donors (Lipinski definition) is 0. The average Bonchev–Trinajstić information content (AvgIpc) is 2.49. The minimum Gasteiger partial charge on any atom is -0.225 e. The molecule has 0 spiro atoms. The van der Waals surface area contributed by atoms with Gasteiger partial charge in [-0.2, -0.15) is 5.26 Å². The predicted octanol–water partition coefficient (Wildman–Crippen LogP) is 2.82. The molecule has 2 aromatic heterocycles. The molecule has 2 nitrogen and oxygen atoms in total. The highest BCUT2D eigenvalue weighted by Gasteiger charge is 2.03. The quantitative estimate of drug-likeness (QED) is 0.647. The van der Waals surface area contributed by atoms with E-state index in [1.54, 1.807) is 6.07 Å². The lowest BCUT2D eigenvalue weighted by atomic mass is 10.3. The summed E-state index contributed by atoms with van der Waals surface area (Å²) in [7, 11) is 0. The fourth-order valence-electron chi connectivity index (χ4n) is 0.950. The predicted molar refractivity (Wildman–Crippen MR) is 49.3 cm³/mol. The van der Waals surface area contributed by atoms with Gasteiger partial charge in [0.2, 0.25) is 0 Å². The molecule has 0 atom stereocenters. The minimum absolute atomic E-state index is 0.298. The van der Waals surface area contributed by atoms with Crippen molar-refractivity contribution in [1.29, 1.82) is 5.26 Å². The van der Waals surface area contributed by atoms with Crippen LogP contribution in [0.5, 0.6) is 0 Å². The number of pyridine rings is 1. The van der Waals surface area contributed by atoms with Crippen LogP contribution in [0.4, 0.5) is 0 Å². The monoisotopic (exact) mass is 194 g/mol. The fraction of sp³-hybridized carbons (Fsp3) is 0. The minimum atomic E-state index is 0.298. The highest BCUT2D eigenvalue weighted by atomic mass is 35.5. The van der Waals surface area contributed by atoms with Crippen molar-refractivity contribution in [3.8, 4) is 6.07 Å². The zero-order valence-electron chi connectivity index (χ0n) is 5.91. The van der Waals surface area contributed by atoms with Crippen LogP contribution in [0.2, 0.25) is 5.02 Å². The van der Waals surface area contributed by atoms with E-state index >= 15 is 0 Å². The summed E-state index contributed by atoms with van der Waals surface area (Å²) in [5, 5.41) is 12.0. The first-order valence-electron chi connectivity index (χ1n) is 3.25. The molecule has 0 amide bonds. The van der Waals surface area contributed by atoms with Crippen LogP contribution in [0.1, 0.15) is 5.69 Å². The molecule has 0 fully saturated rings. The van der Waals surface area contributed by atoms with Crippen molar-refractivity contribution in [2.24, 2.45) is 0 Å². The summed E-state index contributed by atoms with van der Waals surface area (Å²) in [4.78, 5) is 4.94. The Morgan fingerprint density at radius 1 is 1.58 bits per heavy atom. The second-order valence-electron chi connectivity index (χ2n) is 2.25. The number of nitrogens with zero attached hydrogens (tertiary/aromatic N) is 2. The molecule has 0 radical (unpaired) electrons. The van der Waals surface area contributed by atoms with Crippen molar-refractivity contribution >= 4 is 33.2 Å². The number of fused-ring (bicyclic) bond motifs is 1. The highest BCUT2D eigenvalue weighted by molar-refractivity contribution is 7.16. The Hall–Kier alpha value is -1.11.